The van der Waals surface area contributed by atoms with Gasteiger partial charge in [-0.15, -0.1) is 0 Å². The molecule has 1 atom stereocenters. The van der Waals surface area contributed by atoms with Crippen molar-refractivity contribution in [3.8, 4) is 0 Å². The standard InChI is InChI=1S/C21H15ClF2N2O2/c22-15-5-3-12(4-6-15)19(25)18(20(27)13-2-1-7-26-11-13)21(28)14-8-16(23)10-17(24)9-14/h1-11,20,27H,25H2. The maximum atomic E-state index is 13.6. The third-order valence-electron chi connectivity index (χ3n) is 4.09. The van der Waals surface area contributed by atoms with E-state index in [1.165, 1.54) is 12.4 Å². The largest absolute Gasteiger partial charge is 0.398 e. The Hall–Kier alpha value is -3.09. The van der Waals surface area contributed by atoms with Crippen LogP contribution in [-0.4, -0.2) is 15.9 Å². The number of rotatable bonds is 5. The zero-order chi connectivity index (χ0) is 20.3. The van der Waals surface area contributed by atoms with E-state index in [2.05, 4.69) is 4.98 Å². The summed E-state index contributed by atoms with van der Waals surface area (Å²) in [5.74, 6) is -2.63. The van der Waals surface area contributed by atoms with E-state index in [1.807, 2.05) is 0 Å². The van der Waals surface area contributed by atoms with E-state index >= 15 is 0 Å². The van der Waals surface area contributed by atoms with Crippen LogP contribution in [0.15, 0.2) is 72.6 Å². The number of carbonyl (C=O) groups excluding carboxylic acids is 1. The zero-order valence-corrected chi connectivity index (χ0v) is 15.2. The molecule has 3 rings (SSSR count). The topological polar surface area (TPSA) is 76.2 Å². The van der Waals surface area contributed by atoms with Crippen LogP contribution in [0.3, 0.4) is 0 Å². The Bertz CT molecular complexity index is 1020. The third kappa shape index (κ3) is 4.24. The predicted molar refractivity (Wildman–Crippen MR) is 102 cm³/mol. The molecule has 0 fully saturated rings. The highest BCUT2D eigenvalue weighted by atomic mass is 35.5. The van der Waals surface area contributed by atoms with Crippen molar-refractivity contribution < 1.29 is 18.7 Å². The Morgan fingerprint density at radius 2 is 1.68 bits per heavy atom. The van der Waals surface area contributed by atoms with Crippen molar-refractivity contribution in [2.75, 3.05) is 0 Å². The molecule has 1 aromatic heterocycles. The molecule has 0 bridgehead atoms. The highest BCUT2D eigenvalue weighted by Crippen LogP contribution is 2.30. The first-order valence-electron chi connectivity index (χ1n) is 8.21. The van der Waals surface area contributed by atoms with Gasteiger partial charge < -0.3 is 10.8 Å². The average molecular weight is 401 g/mol. The molecule has 2 aromatic carbocycles. The van der Waals surface area contributed by atoms with E-state index in [1.54, 1.807) is 36.4 Å². The van der Waals surface area contributed by atoms with E-state index in [0.29, 0.717) is 22.2 Å². The van der Waals surface area contributed by atoms with E-state index in [4.69, 9.17) is 17.3 Å². The number of benzene rings is 2. The fourth-order valence-electron chi connectivity index (χ4n) is 2.72. The van der Waals surface area contributed by atoms with Gasteiger partial charge in [0.1, 0.15) is 17.7 Å². The maximum absolute atomic E-state index is 13.6. The molecule has 4 nitrogen and oxygen atoms in total. The molecule has 0 saturated heterocycles. The third-order valence-corrected chi connectivity index (χ3v) is 4.34. The molecule has 0 spiro atoms. The van der Waals surface area contributed by atoms with Crippen LogP contribution in [0.25, 0.3) is 5.70 Å². The lowest BCUT2D eigenvalue weighted by molar-refractivity contribution is 0.0987. The summed E-state index contributed by atoms with van der Waals surface area (Å²) in [4.78, 5) is 17.0. The van der Waals surface area contributed by atoms with Gasteiger partial charge in [-0.05, 0) is 35.9 Å². The van der Waals surface area contributed by atoms with Crippen LogP contribution < -0.4 is 5.73 Å². The second-order valence-electron chi connectivity index (χ2n) is 6.01. The van der Waals surface area contributed by atoms with Crippen molar-refractivity contribution in [3.63, 3.8) is 0 Å². The van der Waals surface area contributed by atoms with E-state index < -0.39 is 23.5 Å². The summed E-state index contributed by atoms with van der Waals surface area (Å²) in [5.41, 5.74) is 6.39. The molecule has 0 aliphatic carbocycles. The highest BCUT2D eigenvalue weighted by Gasteiger charge is 2.26. The molecule has 0 aliphatic heterocycles. The van der Waals surface area contributed by atoms with E-state index in [9.17, 15) is 18.7 Å². The first kappa shape index (κ1) is 19.7. The van der Waals surface area contributed by atoms with Gasteiger partial charge in [-0.1, -0.05) is 29.8 Å². The maximum Gasteiger partial charge on any atom is 0.194 e. The molecule has 0 saturated carbocycles. The Labute approximate surface area is 164 Å². The number of ketones is 1. The average Bonchev–Trinajstić information content (AvgIpc) is 2.68. The van der Waals surface area contributed by atoms with Crippen molar-refractivity contribution in [1.29, 1.82) is 0 Å². The van der Waals surface area contributed by atoms with Crippen molar-refractivity contribution in [3.05, 3.63) is 106 Å². The van der Waals surface area contributed by atoms with Crippen LogP contribution in [-0.2, 0) is 0 Å². The Morgan fingerprint density at radius 1 is 1.04 bits per heavy atom. The second-order valence-corrected chi connectivity index (χ2v) is 6.45. The summed E-state index contributed by atoms with van der Waals surface area (Å²) >= 11 is 5.88. The smallest absolute Gasteiger partial charge is 0.194 e. The van der Waals surface area contributed by atoms with Crippen LogP contribution in [0.2, 0.25) is 5.02 Å². The monoisotopic (exact) mass is 400 g/mol. The number of aliphatic hydroxyl groups is 1. The normalized spacial score (nSPS) is 13.0. The number of hydrogen-bond acceptors (Lipinski definition) is 4. The number of aliphatic hydroxyl groups excluding tert-OH is 1. The zero-order valence-electron chi connectivity index (χ0n) is 14.4. The van der Waals surface area contributed by atoms with Gasteiger partial charge >= 0.3 is 0 Å². The number of Topliss-reactive ketones (excluding diaryl/α,β-unsaturated/α-hetero) is 1. The van der Waals surface area contributed by atoms with Crippen molar-refractivity contribution in [1.82, 2.24) is 4.98 Å². The van der Waals surface area contributed by atoms with Crippen LogP contribution in [0.4, 0.5) is 8.78 Å². The van der Waals surface area contributed by atoms with Crippen LogP contribution in [0, 0.1) is 11.6 Å². The molecule has 3 N–H and O–H groups in total. The molecule has 1 heterocycles. The SMILES string of the molecule is NC(=C(C(=O)c1cc(F)cc(F)c1)C(O)c1cccnc1)c1ccc(Cl)cc1. The summed E-state index contributed by atoms with van der Waals surface area (Å²) in [6.45, 7) is 0. The van der Waals surface area contributed by atoms with Crippen molar-refractivity contribution in [2.45, 2.75) is 6.10 Å². The lowest BCUT2D eigenvalue weighted by Gasteiger charge is -2.18. The quantitative estimate of drug-likeness (QED) is 0.494. The summed E-state index contributed by atoms with van der Waals surface area (Å²) in [7, 11) is 0. The summed E-state index contributed by atoms with van der Waals surface area (Å²) in [6, 6.07) is 11.9. The Morgan fingerprint density at radius 3 is 2.25 bits per heavy atom. The molecule has 3 aromatic rings. The number of aromatic nitrogens is 1. The summed E-state index contributed by atoms with van der Waals surface area (Å²) < 4.78 is 27.2. The molecule has 0 aliphatic rings. The lowest BCUT2D eigenvalue weighted by Crippen LogP contribution is -2.18. The number of pyridine rings is 1. The van der Waals surface area contributed by atoms with Crippen LogP contribution in [0.1, 0.15) is 27.6 Å². The number of hydrogen-bond donors (Lipinski definition) is 2. The fourth-order valence-corrected chi connectivity index (χ4v) is 2.85. The fraction of sp³-hybridized carbons (Fsp3) is 0.0476. The molecule has 0 amide bonds. The van der Waals surface area contributed by atoms with Gasteiger partial charge in [-0.2, -0.15) is 0 Å². The van der Waals surface area contributed by atoms with Crippen molar-refractivity contribution in [2.24, 2.45) is 5.73 Å². The number of nitrogens with zero attached hydrogens (tertiary/aromatic N) is 1. The van der Waals surface area contributed by atoms with Gasteiger partial charge in [0, 0.05) is 40.3 Å². The van der Waals surface area contributed by atoms with Gasteiger partial charge in [0.05, 0.1) is 5.57 Å². The molecule has 142 valence electrons. The molecule has 0 radical (unpaired) electrons. The van der Waals surface area contributed by atoms with Gasteiger partial charge in [0.25, 0.3) is 0 Å². The van der Waals surface area contributed by atoms with Gasteiger partial charge in [0.2, 0.25) is 0 Å². The second kappa shape index (κ2) is 8.29. The molecular formula is C21H15ClF2N2O2. The summed E-state index contributed by atoms with van der Waals surface area (Å²) in [5, 5.41) is 11.3. The number of halogens is 3. The molecular weight excluding hydrogens is 386 g/mol. The lowest BCUT2D eigenvalue weighted by atomic mass is 9.91. The molecule has 1 unspecified atom stereocenters. The van der Waals surface area contributed by atoms with Crippen molar-refractivity contribution >= 4 is 23.1 Å². The minimum absolute atomic E-state index is 0.0392. The van der Waals surface area contributed by atoms with E-state index in [0.717, 1.165) is 12.1 Å². The minimum atomic E-state index is -1.46. The van der Waals surface area contributed by atoms with Crippen LogP contribution in [0.5, 0.6) is 0 Å². The molecule has 7 heteroatoms. The first-order chi connectivity index (χ1) is 13.4. The summed E-state index contributed by atoms with van der Waals surface area (Å²) in [6.07, 6.45) is 1.42. The number of nitrogens with two attached hydrogens (primary N) is 1. The Balaban J connectivity index is 2.17. The number of carbonyl (C=O) groups is 1. The first-order valence-corrected chi connectivity index (χ1v) is 8.59. The van der Waals surface area contributed by atoms with Gasteiger partial charge in [-0.25, -0.2) is 8.78 Å². The highest BCUT2D eigenvalue weighted by molar-refractivity contribution is 6.30. The Kier molecular flexibility index (Phi) is 5.82. The van der Waals surface area contributed by atoms with Gasteiger partial charge in [0.15, 0.2) is 5.78 Å². The minimum Gasteiger partial charge on any atom is -0.398 e. The van der Waals surface area contributed by atoms with Gasteiger partial charge in [-0.3, -0.25) is 9.78 Å². The molecule has 28 heavy (non-hydrogen) atoms. The van der Waals surface area contributed by atoms with E-state index in [-0.39, 0.29) is 16.8 Å². The predicted octanol–water partition coefficient (Wildman–Crippen LogP) is 4.30. The van der Waals surface area contributed by atoms with Crippen LogP contribution >= 0.6 is 11.6 Å².